The highest BCUT2D eigenvalue weighted by Crippen LogP contribution is 2.27. The monoisotopic (exact) mass is 361 g/mol. The van der Waals surface area contributed by atoms with E-state index in [0.717, 1.165) is 5.56 Å². The van der Waals surface area contributed by atoms with Gasteiger partial charge in [-0.3, -0.25) is 14.9 Å². The van der Waals surface area contributed by atoms with Crippen LogP contribution in [0.15, 0.2) is 65.4 Å². The van der Waals surface area contributed by atoms with Gasteiger partial charge in [0.25, 0.3) is 5.91 Å². The number of H-pyrrole nitrogens is 1. The van der Waals surface area contributed by atoms with E-state index >= 15 is 0 Å². The Bertz CT molecular complexity index is 1070. The van der Waals surface area contributed by atoms with Crippen LogP contribution in [0, 0.1) is 0 Å². The molecule has 1 aromatic carbocycles. The van der Waals surface area contributed by atoms with Gasteiger partial charge in [-0.25, -0.2) is 0 Å². The fourth-order valence-electron chi connectivity index (χ4n) is 2.58. The summed E-state index contributed by atoms with van der Waals surface area (Å²) in [5.74, 6) is 0.270. The number of carbonyl (C=O) groups is 1. The van der Waals surface area contributed by atoms with Crippen molar-refractivity contribution in [3.8, 4) is 28.3 Å². The van der Waals surface area contributed by atoms with E-state index in [1.54, 1.807) is 48.8 Å². The van der Waals surface area contributed by atoms with E-state index in [1.807, 2.05) is 12.1 Å². The number of hydrogen-bond acceptors (Lipinski definition) is 6. The summed E-state index contributed by atoms with van der Waals surface area (Å²) in [6.07, 6.45) is 3.36. The molecule has 0 saturated heterocycles. The highest BCUT2D eigenvalue weighted by Gasteiger charge is 2.14. The van der Waals surface area contributed by atoms with Crippen molar-refractivity contribution in [2.75, 3.05) is 0 Å². The van der Waals surface area contributed by atoms with Crippen LogP contribution in [-0.4, -0.2) is 31.4 Å². The molecule has 8 heteroatoms. The third-order valence-electron chi connectivity index (χ3n) is 3.94. The summed E-state index contributed by atoms with van der Waals surface area (Å²) < 4.78 is 5.24. The molecule has 0 saturated carbocycles. The van der Waals surface area contributed by atoms with Gasteiger partial charge in [0, 0.05) is 29.6 Å². The first-order chi connectivity index (χ1) is 13.2. The van der Waals surface area contributed by atoms with Gasteiger partial charge >= 0.3 is 0 Å². The fraction of sp³-hybridized carbons (Fsp3) is 0.0526. The molecular formula is C19H15N5O3. The molecule has 3 N–H and O–H groups in total. The van der Waals surface area contributed by atoms with Crippen molar-refractivity contribution in [3.63, 3.8) is 0 Å². The minimum Gasteiger partial charge on any atom is -0.507 e. The molecule has 1 amide bonds. The van der Waals surface area contributed by atoms with Crippen molar-refractivity contribution in [1.82, 2.24) is 25.7 Å². The first kappa shape index (κ1) is 16.5. The molecule has 4 aromatic rings. The van der Waals surface area contributed by atoms with Gasteiger partial charge in [-0.15, -0.1) is 0 Å². The molecule has 0 bridgehead atoms. The summed E-state index contributed by atoms with van der Waals surface area (Å²) in [5, 5.41) is 23.3. The van der Waals surface area contributed by atoms with Crippen LogP contribution in [-0.2, 0) is 6.54 Å². The topological polar surface area (TPSA) is 117 Å². The number of rotatable bonds is 5. The largest absolute Gasteiger partial charge is 0.507 e. The molecule has 4 rings (SSSR count). The number of hydrogen-bond donors (Lipinski definition) is 3. The minimum atomic E-state index is -0.344. The quantitative estimate of drug-likeness (QED) is 0.503. The number of pyridine rings is 1. The Balaban J connectivity index is 1.42. The number of aromatic nitrogens is 4. The van der Waals surface area contributed by atoms with Gasteiger partial charge in [-0.05, 0) is 30.3 Å². The Labute approximate surface area is 153 Å². The summed E-state index contributed by atoms with van der Waals surface area (Å²) in [6.45, 7) is 0.178. The van der Waals surface area contributed by atoms with Crippen LogP contribution >= 0.6 is 0 Å². The predicted octanol–water partition coefficient (Wildman–Crippen LogP) is 2.76. The van der Waals surface area contributed by atoms with E-state index < -0.39 is 0 Å². The standard InChI is InChI=1S/C19H15N5O3/c25-18-6-2-1-5-14(18)16-9-17(23-22-16)19(26)21-11-13-8-15(24-27-13)12-4-3-7-20-10-12/h1-10,25H,11H2,(H,21,26)(H,22,23). The number of carbonyl (C=O) groups excluding carboxylic acids is 1. The van der Waals surface area contributed by atoms with Gasteiger partial charge in [-0.2, -0.15) is 5.10 Å². The molecule has 0 spiro atoms. The van der Waals surface area contributed by atoms with Gasteiger partial charge in [0.15, 0.2) is 5.76 Å². The number of nitrogens with one attached hydrogen (secondary N) is 2. The number of amides is 1. The van der Waals surface area contributed by atoms with Gasteiger partial charge in [0.05, 0.1) is 12.2 Å². The molecule has 8 nitrogen and oxygen atoms in total. The Morgan fingerprint density at radius 1 is 1.15 bits per heavy atom. The summed E-state index contributed by atoms with van der Waals surface area (Å²) in [4.78, 5) is 16.3. The number of aromatic amines is 1. The summed E-state index contributed by atoms with van der Waals surface area (Å²) in [5.41, 5.74) is 2.79. The van der Waals surface area contributed by atoms with E-state index in [1.165, 1.54) is 0 Å². The summed E-state index contributed by atoms with van der Waals surface area (Å²) >= 11 is 0. The van der Waals surface area contributed by atoms with E-state index in [2.05, 4.69) is 25.7 Å². The van der Waals surface area contributed by atoms with Crippen molar-refractivity contribution in [1.29, 1.82) is 0 Å². The number of phenolic OH excluding ortho intramolecular Hbond substituents is 1. The lowest BCUT2D eigenvalue weighted by molar-refractivity contribution is 0.0942. The van der Waals surface area contributed by atoms with Crippen molar-refractivity contribution in [2.45, 2.75) is 6.54 Å². The molecule has 0 fully saturated rings. The Kier molecular flexibility index (Phi) is 4.36. The van der Waals surface area contributed by atoms with E-state index in [9.17, 15) is 9.90 Å². The molecule has 0 aliphatic rings. The maximum Gasteiger partial charge on any atom is 0.269 e. The van der Waals surface area contributed by atoms with Gasteiger partial charge in [0.1, 0.15) is 17.1 Å². The molecule has 27 heavy (non-hydrogen) atoms. The third kappa shape index (κ3) is 3.54. The molecule has 0 atom stereocenters. The zero-order valence-corrected chi connectivity index (χ0v) is 14.1. The molecule has 0 unspecified atom stereocenters. The maximum atomic E-state index is 12.3. The van der Waals surface area contributed by atoms with Crippen molar-refractivity contribution in [2.24, 2.45) is 0 Å². The average molecular weight is 361 g/mol. The van der Waals surface area contributed by atoms with Gasteiger partial charge in [-0.1, -0.05) is 17.3 Å². The van der Waals surface area contributed by atoms with Crippen LogP contribution in [0.5, 0.6) is 5.75 Å². The molecular weight excluding hydrogens is 346 g/mol. The van der Waals surface area contributed by atoms with Crippen molar-refractivity contribution in [3.05, 3.63) is 72.4 Å². The zero-order valence-electron chi connectivity index (χ0n) is 14.1. The fourth-order valence-corrected chi connectivity index (χ4v) is 2.58. The number of nitrogens with zero attached hydrogens (tertiary/aromatic N) is 3. The zero-order chi connectivity index (χ0) is 18.6. The smallest absolute Gasteiger partial charge is 0.269 e. The normalized spacial score (nSPS) is 10.7. The van der Waals surface area contributed by atoms with E-state index in [4.69, 9.17) is 4.52 Å². The molecule has 0 aliphatic heterocycles. The van der Waals surface area contributed by atoms with Gasteiger partial charge in [0.2, 0.25) is 0 Å². The van der Waals surface area contributed by atoms with Gasteiger partial charge < -0.3 is 14.9 Å². The maximum absolute atomic E-state index is 12.3. The highest BCUT2D eigenvalue weighted by atomic mass is 16.5. The van der Waals surface area contributed by atoms with Crippen molar-refractivity contribution >= 4 is 5.91 Å². The van der Waals surface area contributed by atoms with Crippen LogP contribution in [0.2, 0.25) is 0 Å². The minimum absolute atomic E-state index is 0.0977. The van der Waals surface area contributed by atoms with Crippen LogP contribution in [0.4, 0.5) is 0 Å². The predicted molar refractivity (Wildman–Crippen MR) is 96.6 cm³/mol. The number of para-hydroxylation sites is 1. The SMILES string of the molecule is O=C(NCc1cc(-c2cccnc2)no1)c1cc(-c2ccccc2O)n[nH]1. The number of benzene rings is 1. The van der Waals surface area contributed by atoms with E-state index in [-0.39, 0.29) is 23.9 Å². The second-order valence-corrected chi connectivity index (χ2v) is 5.79. The molecule has 134 valence electrons. The Morgan fingerprint density at radius 3 is 2.85 bits per heavy atom. The summed E-state index contributed by atoms with van der Waals surface area (Å²) in [6, 6.07) is 13.8. The lowest BCUT2D eigenvalue weighted by Gasteiger charge is -2.00. The molecule has 3 heterocycles. The van der Waals surface area contributed by atoms with E-state index in [0.29, 0.717) is 22.7 Å². The average Bonchev–Trinajstić information content (AvgIpc) is 3.37. The summed E-state index contributed by atoms with van der Waals surface area (Å²) in [7, 11) is 0. The van der Waals surface area contributed by atoms with Crippen LogP contribution in [0.1, 0.15) is 16.2 Å². The number of phenols is 1. The number of aromatic hydroxyl groups is 1. The lowest BCUT2D eigenvalue weighted by atomic mass is 10.1. The molecule has 0 aliphatic carbocycles. The second kappa shape index (κ2) is 7.12. The van der Waals surface area contributed by atoms with Crippen LogP contribution < -0.4 is 5.32 Å². The van der Waals surface area contributed by atoms with Crippen LogP contribution in [0.25, 0.3) is 22.5 Å². The second-order valence-electron chi connectivity index (χ2n) is 5.79. The first-order valence-electron chi connectivity index (χ1n) is 8.18. The Morgan fingerprint density at radius 2 is 2.04 bits per heavy atom. The van der Waals surface area contributed by atoms with Crippen molar-refractivity contribution < 1.29 is 14.4 Å². The Hall–Kier alpha value is -3.94. The first-order valence-corrected chi connectivity index (χ1v) is 8.18. The molecule has 0 radical (unpaired) electrons. The van der Waals surface area contributed by atoms with Crippen LogP contribution in [0.3, 0.4) is 0 Å². The third-order valence-corrected chi connectivity index (χ3v) is 3.94. The lowest BCUT2D eigenvalue weighted by Crippen LogP contribution is -2.22. The highest BCUT2D eigenvalue weighted by molar-refractivity contribution is 5.93. The molecule has 3 aromatic heterocycles.